The second kappa shape index (κ2) is 9.02. The molecule has 1 saturated heterocycles. The SMILES string of the molecule is CCS(=O)(=O)N1CCC[C@@H](C(=O)NCCC2CCCCCC2)C1. The standard InChI is InChI=1S/C17H32N2O3S/c1-2-23(21,22)19-13-7-10-16(14-19)17(20)18-12-11-15-8-5-3-4-6-9-15/h15-16H,2-14H2,1H3,(H,18,20)/t16-/m1/s1. The van der Waals surface area contributed by atoms with Crippen LogP contribution in [-0.4, -0.2) is 44.0 Å². The Kier molecular flexibility index (Phi) is 7.34. The number of carbonyl (C=O) groups is 1. The Morgan fingerprint density at radius 2 is 1.78 bits per heavy atom. The van der Waals surface area contributed by atoms with E-state index >= 15 is 0 Å². The third-order valence-electron chi connectivity index (χ3n) is 5.34. The lowest BCUT2D eigenvalue weighted by Gasteiger charge is -2.31. The van der Waals surface area contributed by atoms with E-state index in [1.807, 2.05) is 0 Å². The zero-order valence-electron chi connectivity index (χ0n) is 14.4. The molecule has 2 aliphatic rings. The molecule has 2 rings (SSSR count). The smallest absolute Gasteiger partial charge is 0.224 e. The van der Waals surface area contributed by atoms with Crippen LogP contribution in [0.2, 0.25) is 0 Å². The number of nitrogens with zero attached hydrogens (tertiary/aromatic N) is 1. The van der Waals surface area contributed by atoms with Gasteiger partial charge in [0.05, 0.1) is 11.7 Å². The van der Waals surface area contributed by atoms with Crippen molar-refractivity contribution in [2.24, 2.45) is 11.8 Å². The van der Waals surface area contributed by atoms with Crippen molar-refractivity contribution in [3.8, 4) is 0 Å². The number of hydrogen-bond acceptors (Lipinski definition) is 3. The highest BCUT2D eigenvalue weighted by molar-refractivity contribution is 7.89. The molecule has 0 aromatic carbocycles. The van der Waals surface area contributed by atoms with Crippen molar-refractivity contribution in [1.82, 2.24) is 9.62 Å². The predicted octanol–water partition coefficient (Wildman–Crippen LogP) is 2.52. The largest absolute Gasteiger partial charge is 0.356 e. The van der Waals surface area contributed by atoms with Crippen LogP contribution in [0, 0.1) is 11.8 Å². The van der Waals surface area contributed by atoms with Gasteiger partial charge in [-0.25, -0.2) is 12.7 Å². The highest BCUT2D eigenvalue weighted by Crippen LogP contribution is 2.25. The van der Waals surface area contributed by atoms with E-state index in [1.165, 1.54) is 42.8 Å². The highest BCUT2D eigenvalue weighted by atomic mass is 32.2. The summed E-state index contributed by atoms with van der Waals surface area (Å²) in [4.78, 5) is 12.3. The summed E-state index contributed by atoms with van der Waals surface area (Å²) in [6, 6.07) is 0. The van der Waals surface area contributed by atoms with E-state index in [1.54, 1.807) is 6.92 Å². The minimum Gasteiger partial charge on any atom is -0.356 e. The minimum absolute atomic E-state index is 0.0367. The van der Waals surface area contributed by atoms with E-state index in [0.29, 0.717) is 13.1 Å². The van der Waals surface area contributed by atoms with Crippen molar-refractivity contribution >= 4 is 15.9 Å². The Morgan fingerprint density at radius 3 is 2.43 bits per heavy atom. The van der Waals surface area contributed by atoms with Crippen molar-refractivity contribution < 1.29 is 13.2 Å². The number of hydrogen-bond donors (Lipinski definition) is 1. The predicted molar refractivity (Wildman–Crippen MR) is 92.6 cm³/mol. The average Bonchev–Trinajstić information content (AvgIpc) is 2.83. The third-order valence-corrected chi connectivity index (χ3v) is 7.19. The van der Waals surface area contributed by atoms with Crippen molar-refractivity contribution in [3.05, 3.63) is 0 Å². The quantitative estimate of drug-likeness (QED) is 0.753. The maximum Gasteiger partial charge on any atom is 0.224 e. The average molecular weight is 345 g/mol. The molecule has 1 N–H and O–H groups in total. The topological polar surface area (TPSA) is 66.5 Å². The van der Waals surface area contributed by atoms with E-state index < -0.39 is 10.0 Å². The summed E-state index contributed by atoms with van der Waals surface area (Å²) in [5, 5.41) is 3.05. The molecule has 0 spiro atoms. The highest BCUT2D eigenvalue weighted by Gasteiger charge is 2.31. The first-order chi connectivity index (χ1) is 11.0. The van der Waals surface area contributed by atoms with Gasteiger partial charge in [0.15, 0.2) is 0 Å². The first kappa shape index (κ1) is 18.7. The van der Waals surface area contributed by atoms with E-state index in [0.717, 1.165) is 31.7 Å². The molecule has 1 aliphatic carbocycles. The number of piperidine rings is 1. The lowest BCUT2D eigenvalue weighted by Crippen LogP contribution is -2.46. The van der Waals surface area contributed by atoms with Gasteiger partial charge in [0.25, 0.3) is 0 Å². The van der Waals surface area contributed by atoms with Gasteiger partial charge < -0.3 is 5.32 Å². The first-order valence-electron chi connectivity index (χ1n) is 9.28. The summed E-state index contributed by atoms with van der Waals surface area (Å²) in [6.45, 7) is 3.31. The van der Waals surface area contributed by atoms with Gasteiger partial charge >= 0.3 is 0 Å². The molecular weight excluding hydrogens is 312 g/mol. The van der Waals surface area contributed by atoms with Gasteiger partial charge in [0.1, 0.15) is 0 Å². The summed E-state index contributed by atoms with van der Waals surface area (Å²) in [5.41, 5.74) is 0. The fourth-order valence-electron chi connectivity index (χ4n) is 3.79. The zero-order valence-corrected chi connectivity index (χ0v) is 15.2. The maximum atomic E-state index is 12.3. The second-order valence-electron chi connectivity index (χ2n) is 7.04. The monoisotopic (exact) mass is 344 g/mol. The van der Waals surface area contributed by atoms with Gasteiger partial charge in [-0.1, -0.05) is 38.5 Å². The van der Waals surface area contributed by atoms with E-state index in [9.17, 15) is 13.2 Å². The van der Waals surface area contributed by atoms with Crippen LogP contribution in [0.1, 0.15) is 64.7 Å². The Morgan fingerprint density at radius 1 is 1.09 bits per heavy atom. The molecule has 1 amide bonds. The molecule has 23 heavy (non-hydrogen) atoms. The Labute approximate surface area is 141 Å². The van der Waals surface area contributed by atoms with E-state index in [2.05, 4.69) is 5.32 Å². The fraction of sp³-hybridized carbons (Fsp3) is 0.941. The molecule has 0 aromatic rings. The molecule has 5 nitrogen and oxygen atoms in total. The van der Waals surface area contributed by atoms with Gasteiger partial charge in [-0.3, -0.25) is 4.79 Å². The van der Waals surface area contributed by atoms with Crippen molar-refractivity contribution in [2.45, 2.75) is 64.7 Å². The number of nitrogens with one attached hydrogen (secondary N) is 1. The van der Waals surface area contributed by atoms with Gasteiger partial charge in [0.2, 0.25) is 15.9 Å². The molecule has 1 heterocycles. The molecule has 1 saturated carbocycles. The van der Waals surface area contributed by atoms with Crippen LogP contribution < -0.4 is 5.32 Å². The summed E-state index contributed by atoms with van der Waals surface area (Å²) in [5.74, 6) is 0.721. The van der Waals surface area contributed by atoms with E-state index in [4.69, 9.17) is 0 Å². The summed E-state index contributed by atoms with van der Waals surface area (Å²) in [6.07, 6.45) is 10.6. The van der Waals surface area contributed by atoms with Crippen LogP contribution in [-0.2, 0) is 14.8 Å². The summed E-state index contributed by atoms with van der Waals surface area (Å²) in [7, 11) is -3.18. The molecular formula is C17H32N2O3S. The van der Waals surface area contributed by atoms with Crippen LogP contribution in [0.4, 0.5) is 0 Å². The minimum atomic E-state index is -3.18. The van der Waals surface area contributed by atoms with Crippen molar-refractivity contribution in [2.75, 3.05) is 25.4 Å². The molecule has 1 aliphatic heterocycles. The van der Waals surface area contributed by atoms with Crippen LogP contribution in [0.15, 0.2) is 0 Å². The zero-order chi connectivity index (χ0) is 16.7. The van der Waals surface area contributed by atoms with Gasteiger partial charge in [-0.2, -0.15) is 0 Å². The normalized spacial score (nSPS) is 25.0. The number of rotatable bonds is 6. The van der Waals surface area contributed by atoms with Crippen LogP contribution in [0.3, 0.4) is 0 Å². The number of carbonyl (C=O) groups excluding carboxylic acids is 1. The lowest BCUT2D eigenvalue weighted by atomic mass is 9.96. The van der Waals surface area contributed by atoms with E-state index in [-0.39, 0.29) is 17.6 Å². The molecule has 1 atom stereocenters. The van der Waals surface area contributed by atoms with Crippen molar-refractivity contribution in [1.29, 1.82) is 0 Å². The molecule has 0 bridgehead atoms. The van der Waals surface area contributed by atoms with Crippen molar-refractivity contribution in [3.63, 3.8) is 0 Å². The molecule has 2 fully saturated rings. The van der Waals surface area contributed by atoms with Gasteiger partial charge in [0, 0.05) is 19.6 Å². The van der Waals surface area contributed by atoms with Gasteiger partial charge in [-0.05, 0) is 32.1 Å². The summed E-state index contributed by atoms with van der Waals surface area (Å²) >= 11 is 0. The Balaban J connectivity index is 1.74. The third kappa shape index (κ3) is 5.75. The van der Waals surface area contributed by atoms with Crippen LogP contribution >= 0.6 is 0 Å². The molecule has 0 unspecified atom stereocenters. The lowest BCUT2D eigenvalue weighted by molar-refractivity contribution is -0.126. The first-order valence-corrected chi connectivity index (χ1v) is 10.9. The Bertz CT molecular complexity index is 470. The second-order valence-corrected chi connectivity index (χ2v) is 9.29. The fourth-order valence-corrected chi connectivity index (χ4v) is 4.97. The Hall–Kier alpha value is -0.620. The molecule has 134 valence electrons. The van der Waals surface area contributed by atoms with Crippen LogP contribution in [0.5, 0.6) is 0 Å². The summed E-state index contributed by atoms with van der Waals surface area (Å²) < 4.78 is 25.4. The molecule has 6 heteroatoms. The number of sulfonamides is 1. The molecule has 0 aromatic heterocycles. The van der Waals surface area contributed by atoms with Gasteiger partial charge in [-0.15, -0.1) is 0 Å². The molecule has 0 radical (unpaired) electrons. The maximum absolute atomic E-state index is 12.3. The van der Waals surface area contributed by atoms with Crippen LogP contribution in [0.25, 0.3) is 0 Å². The number of amides is 1.